The van der Waals surface area contributed by atoms with Gasteiger partial charge in [0.2, 0.25) is 0 Å². The van der Waals surface area contributed by atoms with E-state index in [4.69, 9.17) is 4.74 Å². The maximum absolute atomic E-state index is 12.5. The summed E-state index contributed by atoms with van der Waals surface area (Å²) in [5.41, 5.74) is 0.419. The molecule has 0 atom stereocenters. The molecular formula is C28H18N2O7-2. The first-order valence-electron chi connectivity index (χ1n) is 10.9. The van der Waals surface area contributed by atoms with Gasteiger partial charge in [-0.3, -0.25) is 9.59 Å². The smallest absolute Gasteiger partial charge is 0.256 e. The number of benzene rings is 4. The number of carboxylic acid groups (broad SMARTS) is 2. The number of ether oxygens (including phenoxy) is 1. The standard InChI is InChI=1S/C28H20N2O7/c31-25(21-5-1-3-7-23(21)27(33)34)29-17-9-13-19(14-10-17)37-20-15-11-18(12-16-20)30-26(32)22-6-2-4-8-24(22)28(35)36/h1-16H,(H,29,31)(H,30,32)(H,33,34)(H,35,36)/p-2. The van der Waals surface area contributed by atoms with Gasteiger partial charge in [0.1, 0.15) is 11.5 Å². The van der Waals surface area contributed by atoms with E-state index in [0.717, 1.165) is 0 Å². The maximum Gasteiger partial charge on any atom is 0.256 e. The molecule has 0 bridgehead atoms. The molecule has 0 aliphatic heterocycles. The minimum atomic E-state index is -1.44. The van der Waals surface area contributed by atoms with Gasteiger partial charge in [0.25, 0.3) is 11.8 Å². The van der Waals surface area contributed by atoms with Gasteiger partial charge in [0.05, 0.1) is 11.9 Å². The number of aromatic carboxylic acids is 2. The monoisotopic (exact) mass is 494 g/mol. The molecular weight excluding hydrogens is 476 g/mol. The van der Waals surface area contributed by atoms with Gasteiger partial charge in [0, 0.05) is 33.6 Å². The van der Waals surface area contributed by atoms with Crippen molar-refractivity contribution in [2.45, 2.75) is 0 Å². The van der Waals surface area contributed by atoms with Crippen LogP contribution in [0.5, 0.6) is 11.5 Å². The Hall–Kier alpha value is -5.44. The third-order valence-corrected chi connectivity index (χ3v) is 5.24. The lowest BCUT2D eigenvalue weighted by Gasteiger charge is -2.12. The summed E-state index contributed by atoms with van der Waals surface area (Å²) in [6, 6.07) is 24.4. The summed E-state index contributed by atoms with van der Waals surface area (Å²) >= 11 is 0. The van der Waals surface area contributed by atoms with E-state index in [1.807, 2.05) is 0 Å². The normalized spacial score (nSPS) is 10.3. The molecule has 9 heteroatoms. The zero-order valence-corrected chi connectivity index (χ0v) is 19.1. The SMILES string of the molecule is O=C([O-])c1ccccc1C(=O)Nc1ccc(Oc2ccc(NC(=O)c3ccccc3C(=O)[O-])cc2)cc1. The van der Waals surface area contributed by atoms with E-state index in [1.165, 1.54) is 36.4 Å². The van der Waals surface area contributed by atoms with Crippen molar-refractivity contribution in [2.75, 3.05) is 10.6 Å². The first-order chi connectivity index (χ1) is 17.8. The van der Waals surface area contributed by atoms with Crippen LogP contribution in [0.3, 0.4) is 0 Å². The molecule has 4 aromatic carbocycles. The van der Waals surface area contributed by atoms with Gasteiger partial charge in [-0.05, 0) is 60.7 Å². The highest BCUT2D eigenvalue weighted by atomic mass is 16.5. The minimum absolute atomic E-state index is 0.0156. The number of carbonyl (C=O) groups is 4. The van der Waals surface area contributed by atoms with E-state index in [1.54, 1.807) is 60.7 Å². The molecule has 0 spiro atoms. The number of rotatable bonds is 8. The van der Waals surface area contributed by atoms with Crippen LogP contribution < -0.4 is 25.6 Å². The highest BCUT2D eigenvalue weighted by Gasteiger charge is 2.13. The van der Waals surface area contributed by atoms with Gasteiger partial charge in [-0.15, -0.1) is 0 Å². The summed E-state index contributed by atoms with van der Waals surface area (Å²) in [7, 11) is 0. The van der Waals surface area contributed by atoms with Crippen molar-refractivity contribution in [1.29, 1.82) is 0 Å². The molecule has 4 aromatic rings. The largest absolute Gasteiger partial charge is 0.545 e. The van der Waals surface area contributed by atoms with E-state index in [-0.39, 0.29) is 22.3 Å². The van der Waals surface area contributed by atoms with E-state index in [9.17, 15) is 29.4 Å². The van der Waals surface area contributed by atoms with Crippen molar-refractivity contribution < 1.29 is 34.1 Å². The van der Waals surface area contributed by atoms with E-state index in [0.29, 0.717) is 22.9 Å². The zero-order valence-electron chi connectivity index (χ0n) is 19.1. The van der Waals surface area contributed by atoms with Gasteiger partial charge >= 0.3 is 0 Å². The minimum Gasteiger partial charge on any atom is -0.545 e. The number of amides is 2. The summed E-state index contributed by atoms with van der Waals surface area (Å²) in [6.07, 6.45) is 0. The summed E-state index contributed by atoms with van der Waals surface area (Å²) < 4.78 is 5.77. The highest BCUT2D eigenvalue weighted by Crippen LogP contribution is 2.25. The molecule has 0 heterocycles. The van der Waals surface area contributed by atoms with Crippen molar-refractivity contribution in [1.82, 2.24) is 0 Å². The van der Waals surface area contributed by atoms with Crippen LogP contribution in [-0.2, 0) is 0 Å². The molecule has 9 nitrogen and oxygen atoms in total. The van der Waals surface area contributed by atoms with Gasteiger partial charge < -0.3 is 35.2 Å². The predicted octanol–water partition coefficient (Wildman–Crippen LogP) is 2.71. The Bertz CT molecular complexity index is 1370. The maximum atomic E-state index is 12.5. The quantitative estimate of drug-likeness (QED) is 0.383. The topological polar surface area (TPSA) is 148 Å². The highest BCUT2D eigenvalue weighted by molar-refractivity contribution is 6.11. The molecule has 0 aromatic heterocycles. The Kier molecular flexibility index (Phi) is 7.25. The van der Waals surface area contributed by atoms with Crippen molar-refractivity contribution >= 4 is 35.1 Å². The number of hydrogen-bond donors (Lipinski definition) is 2. The van der Waals surface area contributed by atoms with Crippen LogP contribution in [0.15, 0.2) is 97.1 Å². The summed E-state index contributed by atoms with van der Waals surface area (Å²) in [5, 5.41) is 27.7. The molecule has 0 aliphatic carbocycles. The second-order valence-corrected chi connectivity index (χ2v) is 7.73. The molecule has 0 aliphatic rings. The summed E-state index contributed by atoms with van der Waals surface area (Å²) in [6.45, 7) is 0. The average Bonchev–Trinajstić information content (AvgIpc) is 2.90. The molecule has 2 amide bonds. The Morgan fingerprint density at radius 3 is 1.14 bits per heavy atom. The molecule has 0 saturated heterocycles. The van der Waals surface area contributed by atoms with Crippen molar-refractivity contribution in [3.8, 4) is 11.5 Å². The lowest BCUT2D eigenvalue weighted by molar-refractivity contribution is -0.256. The van der Waals surface area contributed by atoms with Gasteiger partial charge in [-0.2, -0.15) is 0 Å². The van der Waals surface area contributed by atoms with Crippen molar-refractivity contribution in [3.63, 3.8) is 0 Å². The van der Waals surface area contributed by atoms with Crippen LogP contribution in [-0.4, -0.2) is 23.8 Å². The molecule has 4 rings (SSSR count). The fraction of sp³-hybridized carbons (Fsp3) is 0. The molecule has 0 unspecified atom stereocenters. The average molecular weight is 494 g/mol. The zero-order chi connectivity index (χ0) is 26.4. The van der Waals surface area contributed by atoms with E-state index in [2.05, 4.69) is 10.6 Å². The lowest BCUT2D eigenvalue weighted by Crippen LogP contribution is -2.26. The van der Waals surface area contributed by atoms with Crippen LogP contribution in [0.4, 0.5) is 11.4 Å². The molecule has 37 heavy (non-hydrogen) atoms. The Balaban J connectivity index is 1.37. The number of nitrogens with one attached hydrogen (secondary N) is 2. The van der Waals surface area contributed by atoms with Gasteiger partial charge in [-0.1, -0.05) is 36.4 Å². The second-order valence-electron chi connectivity index (χ2n) is 7.73. The summed E-state index contributed by atoms with van der Waals surface area (Å²) in [4.78, 5) is 47.4. The first kappa shape index (κ1) is 24.7. The number of carboxylic acids is 2. The van der Waals surface area contributed by atoms with E-state index >= 15 is 0 Å². The van der Waals surface area contributed by atoms with Crippen LogP contribution in [0, 0.1) is 0 Å². The lowest BCUT2D eigenvalue weighted by atomic mass is 10.1. The van der Waals surface area contributed by atoms with Crippen molar-refractivity contribution in [3.05, 3.63) is 119 Å². The number of anilines is 2. The molecule has 184 valence electrons. The van der Waals surface area contributed by atoms with Gasteiger partial charge in [0.15, 0.2) is 0 Å². The third kappa shape index (κ3) is 5.98. The molecule has 0 radical (unpaired) electrons. The van der Waals surface area contributed by atoms with E-state index < -0.39 is 23.8 Å². The molecule has 0 saturated carbocycles. The Morgan fingerprint density at radius 1 is 0.486 bits per heavy atom. The number of carbonyl (C=O) groups excluding carboxylic acids is 4. The van der Waals surface area contributed by atoms with Crippen molar-refractivity contribution in [2.24, 2.45) is 0 Å². The molecule has 0 fully saturated rings. The van der Waals surface area contributed by atoms with Crippen LogP contribution in [0.1, 0.15) is 41.4 Å². The summed E-state index contributed by atoms with van der Waals surface area (Å²) in [5.74, 6) is -3.13. The third-order valence-electron chi connectivity index (χ3n) is 5.24. The van der Waals surface area contributed by atoms with Gasteiger partial charge in [-0.25, -0.2) is 0 Å². The van der Waals surface area contributed by atoms with Crippen LogP contribution in [0.2, 0.25) is 0 Å². The molecule has 2 N–H and O–H groups in total. The fourth-order valence-electron chi connectivity index (χ4n) is 3.46. The predicted molar refractivity (Wildman–Crippen MR) is 130 cm³/mol. The fourth-order valence-corrected chi connectivity index (χ4v) is 3.46. The Morgan fingerprint density at radius 2 is 0.811 bits per heavy atom. The number of hydrogen-bond acceptors (Lipinski definition) is 7. The Labute approximate surface area is 211 Å². The first-order valence-corrected chi connectivity index (χ1v) is 10.9. The van der Waals surface area contributed by atoms with Crippen LogP contribution >= 0.6 is 0 Å². The second kappa shape index (κ2) is 10.9. The van der Waals surface area contributed by atoms with Crippen LogP contribution in [0.25, 0.3) is 0 Å².